The molecule has 0 fully saturated rings. The molecule has 0 saturated carbocycles. The van der Waals surface area contributed by atoms with Gasteiger partial charge in [0.1, 0.15) is 5.69 Å². The lowest BCUT2D eigenvalue weighted by molar-refractivity contribution is -0.113. The summed E-state index contributed by atoms with van der Waals surface area (Å²) in [6.07, 6.45) is 3.40. The molecule has 4 aromatic rings. The average Bonchev–Trinajstić information content (AvgIpc) is 3.34. The normalized spacial score (nSPS) is 10.8. The molecule has 8 nitrogen and oxygen atoms in total. The van der Waals surface area contributed by atoms with Gasteiger partial charge < -0.3 is 9.09 Å². The Labute approximate surface area is 171 Å². The number of nitrogens with one attached hydrogen (secondary N) is 1. The molecule has 0 aliphatic rings. The summed E-state index contributed by atoms with van der Waals surface area (Å²) in [7, 11) is 1.86. The molecule has 0 bridgehead atoms. The van der Waals surface area contributed by atoms with E-state index >= 15 is 0 Å². The van der Waals surface area contributed by atoms with Gasteiger partial charge in [0.05, 0.1) is 5.75 Å². The van der Waals surface area contributed by atoms with Crippen molar-refractivity contribution in [3.63, 3.8) is 0 Å². The lowest BCUT2D eigenvalue weighted by atomic mass is 10.1. The Morgan fingerprint density at radius 1 is 1.10 bits per heavy atom. The van der Waals surface area contributed by atoms with Crippen LogP contribution in [0.5, 0.6) is 0 Å². The monoisotopic (exact) mass is 406 g/mol. The van der Waals surface area contributed by atoms with E-state index in [9.17, 15) is 4.79 Å². The first-order chi connectivity index (χ1) is 14.1. The summed E-state index contributed by atoms with van der Waals surface area (Å²) >= 11 is 1.29. The van der Waals surface area contributed by atoms with E-state index in [0.29, 0.717) is 22.6 Å². The molecule has 0 atom stereocenters. The number of hydrogen-bond donors (Lipinski definition) is 1. The highest BCUT2D eigenvalue weighted by atomic mass is 32.2. The van der Waals surface area contributed by atoms with E-state index in [2.05, 4.69) is 25.7 Å². The number of thioether (sulfide) groups is 1. The first kappa shape index (κ1) is 18.9. The molecule has 3 heterocycles. The van der Waals surface area contributed by atoms with Crippen molar-refractivity contribution in [2.75, 3.05) is 11.1 Å². The van der Waals surface area contributed by atoms with Crippen molar-refractivity contribution < 1.29 is 9.32 Å². The molecule has 0 radical (unpaired) electrons. The number of hydrogen-bond acceptors (Lipinski definition) is 7. The van der Waals surface area contributed by atoms with Gasteiger partial charge in [-0.25, -0.2) is 0 Å². The highest BCUT2D eigenvalue weighted by Gasteiger charge is 2.14. The van der Waals surface area contributed by atoms with E-state index in [-0.39, 0.29) is 11.7 Å². The van der Waals surface area contributed by atoms with Crippen LogP contribution in [0.2, 0.25) is 0 Å². The molecule has 0 aliphatic heterocycles. The number of amides is 1. The summed E-state index contributed by atoms with van der Waals surface area (Å²) in [5.41, 5.74) is 3.68. The number of carbonyl (C=O) groups excluding carboxylic acids is 1. The number of benzene rings is 1. The van der Waals surface area contributed by atoms with E-state index < -0.39 is 0 Å². The summed E-state index contributed by atoms with van der Waals surface area (Å²) in [6.45, 7) is 2.02. The van der Waals surface area contributed by atoms with Crippen molar-refractivity contribution in [1.82, 2.24) is 24.9 Å². The molecule has 0 spiro atoms. The van der Waals surface area contributed by atoms with E-state index in [0.717, 1.165) is 11.1 Å². The van der Waals surface area contributed by atoms with Crippen LogP contribution < -0.4 is 5.32 Å². The summed E-state index contributed by atoms with van der Waals surface area (Å²) < 4.78 is 7.07. The Balaban J connectivity index is 1.36. The Hall–Kier alpha value is -3.46. The van der Waals surface area contributed by atoms with Crippen molar-refractivity contribution in [2.45, 2.75) is 12.1 Å². The second-order valence-electron chi connectivity index (χ2n) is 6.38. The van der Waals surface area contributed by atoms with Gasteiger partial charge in [0.15, 0.2) is 11.0 Å². The molecular formula is C20H18N6O2S. The van der Waals surface area contributed by atoms with E-state index in [1.165, 1.54) is 17.3 Å². The third-order valence-electron chi connectivity index (χ3n) is 4.23. The Bertz CT molecular complexity index is 1120. The van der Waals surface area contributed by atoms with Crippen molar-refractivity contribution in [3.8, 4) is 22.6 Å². The van der Waals surface area contributed by atoms with E-state index in [1.807, 2.05) is 54.9 Å². The maximum absolute atomic E-state index is 12.3. The molecule has 0 unspecified atom stereocenters. The zero-order valence-corrected chi connectivity index (χ0v) is 16.7. The van der Waals surface area contributed by atoms with Gasteiger partial charge in [0.2, 0.25) is 11.8 Å². The number of pyridine rings is 1. The maximum atomic E-state index is 12.3. The molecular weight excluding hydrogens is 388 g/mol. The van der Waals surface area contributed by atoms with Crippen molar-refractivity contribution in [2.24, 2.45) is 7.05 Å². The van der Waals surface area contributed by atoms with Crippen molar-refractivity contribution >= 4 is 23.6 Å². The average molecular weight is 406 g/mol. The van der Waals surface area contributed by atoms with Gasteiger partial charge in [-0.2, -0.15) is 0 Å². The molecule has 146 valence electrons. The standard InChI is InChI=1S/C20H18N6O2S/c1-13-3-5-14(6-4-13)16-11-18(28-25-16)22-17(27)12-29-20-24-23-19(26(20)2)15-7-9-21-10-8-15/h3-11H,12H2,1-2H3,(H,22,27). The smallest absolute Gasteiger partial charge is 0.237 e. The topological polar surface area (TPSA) is 98.7 Å². The van der Waals surface area contributed by atoms with Crippen molar-refractivity contribution in [3.05, 3.63) is 60.4 Å². The first-order valence-corrected chi connectivity index (χ1v) is 9.85. The lowest BCUT2D eigenvalue weighted by Crippen LogP contribution is -2.14. The minimum Gasteiger partial charge on any atom is -0.338 e. The highest BCUT2D eigenvalue weighted by molar-refractivity contribution is 7.99. The van der Waals surface area contributed by atoms with Gasteiger partial charge in [-0.3, -0.25) is 15.1 Å². The van der Waals surface area contributed by atoms with Crippen LogP contribution in [0.15, 0.2) is 64.5 Å². The predicted molar refractivity (Wildman–Crippen MR) is 110 cm³/mol. The van der Waals surface area contributed by atoms with Gasteiger partial charge in [0.25, 0.3) is 0 Å². The van der Waals surface area contributed by atoms with Crippen LogP contribution in [0.4, 0.5) is 5.88 Å². The molecule has 1 amide bonds. The van der Waals surface area contributed by atoms with Crippen LogP contribution in [0.25, 0.3) is 22.6 Å². The number of carbonyl (C=O) groups is 1. The summed E-state index contributed by atoms with van der Waals surface area (Å²) in [4.78, 5) is 16.3. The van der Waals surface area contributed by atoms with Crippen LogP contribution in [-0.4, -0.2) is 36.6 Å². The van der Waals surface area contributed by atoms with Crippen LogP contribution in [0.3, 0.4) is 0 Å². The summed E-state index contributed by atoms with van der Waals surface area (Å²) in [6, 6.07) is 13.4. The molecule has 3 aromatic heterocycles. The minimum atomic E-state index is -0.213. The number of anilines is 1. The molecule has 1 N–H and O–H groups in total. The predicted octanol–water partition coefficient (Wildman–Crippen LogP) is 3.57. The zero-order valence-electron chi connectivity index (χ0n) is 15.9. The number of aromatic nitrogens is 5. The second kappa shape index (κ2) is 8.27. The molecule has 0 saturated heterocycles. The van der Waals surface area contributed by atoms with Gasteiger partial charge >= 0.3 is 0 Å². The number of nitrogens with zero attached hydrogens (tertiary/aromatic N) is 5. The van der Waals surface area contributed by atoms with Gasteiger partial charge in [0, 0.05) is 36.6 Å². The summed E-state index contributed by atoms with van der Waals surface area (Å²) in [5.74, 6) is 0.980. The van der Waals surface area contributed by atoms with Gasteiger partial charge in [-0.15, -0.1) is 10.2 Å². The van der Waals surface area contributed by atoms with Crippen LogP contribution >= 0.6 is 11.8 Å². The first-order valence-electron chi connectivity index (χ1n) is 8.86. The zero-order chi connectivity index (χ0) is 20.2. The molecule has 0 aliphatic carbocycles. The second-order valence-corrected chi connectivity index (χ2v) is 7.32. The third kappa shape index (κ3) is 4.35. The van der Waals surface area contributed by atoms with E-state index in [4.69, 9.17) is 4.52 Å². The van der Waals surface area contributed by atoms with Gasteiger partial charge in [-0.05, 0) is 19.1 Å². The molecule has 4 rings (SSSR count). The maximum Gasteiger partial charge on any atom is 0.237 e. The van der Waals surface area contributed by atoms with Crippen LogP contribution in [-0.2, 0) is 11.8 Å². The SMILES string of the molecule is Cc1ccc(-c2cc(NC(=O)CSc3nnc(-c4ccncc4)n3C)on2)cc1. The van der Waals surface area contributed by atoms with Crippen LogP contribution in [0, 0.1) is 6.92 Å². The van der Waals surface area contributed by atoms with E-state index in [1.54, 1.807) is 18.5 Å². The largest absolute Gasteiger partial charge is 0.338 e. The van der Waals surface area contributed by atoms with Crippen molar-refractivity contribution in [1.29, 1.82) is 0 Å². The van der Waals surface area contributed by atoms with Gasteiger partial charge in [-0.1, -0.05) is 46.7 Å². The fourth-order valence-electron chi connectivity index (χ4n) is 2.69. The molecule has 9 heteroatoms. The Kier molecular flexibility index (Phi) is 5.39. The Morgan fingerprint density at radius 3 is 2.62 bits per heavy atom. The lowest BCUT2D eigenvalue weighted by Gasteiger charge is -2.03. The number of aryl methyl sites for hydroxylation is 1. The fourth-order valence-corrected chi connectivity index (χ4v) is 3.40. The highest BCUT2D eigenvalue weighted by Crippen LogP contribution is 2.24. The fraction of sp³-hybridized carbons (Fsp3) is 0.150. The molecule has 29 heavy (non-hydrogen) atoms. The summed E-state index contributed by atoms with van der Waals surface area (Å²) in [5, 5.41) is 15.7. The minimum absolute atomic E-state index is 0.170. The number of rotatable bonds is 6. The molecule has 1 aromatic carbocycles. The quantitative estimate of drug-likeness (QED) is 0.489. The van der Waals surface area contributed by atoms with Crippen LogP contribution in [0.1, 0.15) is 5.56 Å². The third-order valence-corrected chi connectivity index (χ3v) is 5.25. The Morgan fingerprint density at radius 2 is 1.86 bits per heavy atom.